The number of benzene rings is 2. The first-order valence-corrected chi connectivity index (χ1v) is 9.64. The fourth-order valence-electron chi connectivity index (χ4n) is 3.58. The van der Waals surface area contributed by atoms with Crippen molar-refractivity contribution in [3.63, 3.8) is 0 Å². The molecule has 0 bridgehead atoms. The number of fused-ring (bicyclic) bond motifs is 1. The molecule has 30 heavy (non-hydrogen) atoms. The topological polar surface area (TPSA) is 92.7 Å². The van der Waals surface area contributed by atoms with Crippen molar-refractivity contribution in [3.8, 4) is 5.75 Å². The summed E-state index contributed by atoms with van der Waals surface area (Å²) < 4.78 is 33.6. The molecule has 2 heterocycles. The van der Waals surface area contributed by atoms with E-state index in [1.807, 2.05) is 12.1 Å². The van der Waals surface area contributed by atoms with Crippen molar-refractivity contribution in [2.75, 3.05) is 20.8 Å². The Labute approximate surface area is 174 Å². The highest BCUT2D eigenvalue weighted by Crippen LogP contribution is 2.35. The van der Waals surface area contributed by atoms with Gasteiger partial charge in [-0.05, 0) is 24.3 Å². The van der Waals surface area contributed by atoms with Gasteiger partial charge in [0.05, 0.1) is 19.3 Å². The number of carbonyl (C=O) groups excluding carboxylic acids is 1. The Morgan fingerprint density at radius 1 is 1.03 bits per heavy atom. The zero-order valence-electron chi connectivity index (χ0n) is 16.7. The van der Waals surface area contributed by atoms with E-state index < -0.39 is 43.0 Å². The summed E-state index contributed by atoms with van der Waals surface area (Å²) in [7, 11) is 3.01. The van der Waals surface area contributed by atoms with Crippen LogP contribution in [0.4, 0.5) is 0 Å². The molecule has 2 aliphatic rings. The van der Waals surface area contributed by atoms with Gasteiger partial charge in [-0.2, -0.15) is 0 Å². The molecule has 160 valence electrons. The highest BCUT2D eigenvalue weighted by atomic mass is 16.8. The number of hydrogen-bond acceptors (Lipinski definition) is 8. The molecular formula is C22H24O8. The zero-order chi connectivity index (χ0) is 21.1. The lowest BCUT2D eigenvalue weighted by Crippen LogP contribution is -2.63. The SMILES string of the molecule is COc1ccc(C2OC[C@H]3O[C@H](OC)[C@@H](OC(=O)c4ccccc4)[C@@H](O)[C@@H]3O2)cc1. The minimum atomic E-state index is -1.16. The molecule has 0 amide bonds. The molecule has 2 aromatic rings. The maximum absolute atomic E-state index is 12.5. The monoisotopic (exact) mass is 416 g/mol. The van der Waals surface area contributed by atoms with E-state index >= 15 is 0 Å². The molecule has 2 fully saturated rings. The predicted octanol–water partition coefficient (Wildman–Crippen LogP) is 2.07. The molecule has 1 unspecified atom stereocenters. The summed E-state index contributed by atoms with van der Waals surface area (Å²) in [6, 6.07) is 15.8. The number of esters is 1. The molecule has 4 rings (SSSR count). The molecular weight excluding hydrogens is 392 g/mol. The summed E-state index contributed by atoms with van der Waals surface area (Å²) in [6.07, 6.45) is -5.18. The van der Waals surface area contributed by atoms with Crippen molar-refractivity contribution in [2.24, 2.45) is 0 Å². The first kappa shape index (κ1) is 20.8. The van der Waals surface area contributed by atoms with Crippen LogP contribution in [0.25, 0.3) is 0 Å². The summed E-state index contributed by atoms with van der Waals surface area (Å²) in [5.74, 6) is 0.131. The van der Waals surface area contributed by atoms with Gasteiger partial charge < -0.3 is 33.5 Å². The number of aliphatic hydroxyl groups excluding tert-OH is 1. The maximum Gasteiger partial charge on any atom is 0.338 e. The molecule has 0 spiro atoms. The standard InChI is InChI=1S/C22H24O8/c1-25-15-10-8-14(9-11-15)21-27-12-16-18(30-21)17(23)19(22(26-2)28-16)29-20(24)13-6-4-3-5-7-13/h3-11,16-19,21-23H,12H2,1-2H3/t16-,17+,18-,19+,21?,22+/m1/s1. The summed E-state index contributed by atoms with van der Waals surface area (Å²) >= 11 is 0. The van der Waals surface area contributed by atoms with Crippen LogP contribution in [0.5, 0.6) is 5.75 Å². The van der Waals surface area contributed by atoms with Crippen LogP contribution in [0.15, 0.2) is 54.6 Å². The Morgan fingerprint density at radius 2 is 1.77 bits per heavy atom. The van der Waals surface area contributed by atoms with Crippen LogP contribution in [0.1, 0.15) is 22.2 Å². The van der Waals surface area contributed by atoms with Crippen molar-refractivity contribution in [3.05, 3.63) is 65.7 Å². The third-order valence-corrected chi connectivity index (χ3v) is 5.18. The van der Waals surface area contributed by atoms with E-state index in [0.29, 0.717) is 11.3 Å². The summed E-state index contributed by atoms with van der Waals surface area (Å²) in [6.45, 7) is 0.192. The lowest BCUT2D eigenvalue weighted by atomic mass is 9.97. The average molecular weight is 416 g/mol. The third-order valence-electron chi connectivity index (χ3n) is 5.18. The molecule has 2 aliphatic heterocycles. The van der Waals surface area contributed by atoms with E-state index in [-0.39, 0.29) is 6.61 Å². The Hall–Kier alpha value is -2.49. The normalized spacial score (nSPS) is 30.9. The number of ether oxygens (including phenoxy) is 6. The molecule has 6 atom stereocenters. The van der Waals surface area contributed by atoms with Crippen molar-refractivity contribution < 1.29 is 38.3 Å². The predicted molar refractivity (Wildman–Crippen MR) is 104 cm³/mol. The van der Waals surface area contributed by atoms with Gasteiger partial charge in [-0.1, -0.05) is 30.3 Å². The van der Waals surface area contributed by atoms with E-state index in [1.165, 1.54) is 7.11 Å². The molecule has 0 aliphatic carbocycles. The van der Waals surface area contributed by atoms with Crippen LogP contribution in [0.2, 0.25) is 0 Å². The molecule has 1 N–H and O–H groups in total. The van der Waals surface area contributed by atoms with Gasteiger partial charge in [0.2, 0.25) is 0 Å². The molecule has 0 saturated carbocycles. The van der Waals surface area contributed by atoms with Gasteiger partial charge in [0.15, 0.2) is 18.7 Å². The largest absolute Gasteiger partial charge is 0.497 e. The molecule has 8 heteroatoms. The summed E-state index contributed by atoms with van der Waals surface area (Å²) in [5, 5.41) is 11.0. The highest BCUT2D eigenvalue weighted by molar-refractivity contribution is 5.89. The second-order valence-corrected chi connectivity index (χ2v) is 7.04. The fraction of sp³-hybridized carbons (Fsp3) is 0.409. The Kier molecular flexibility index (Phi) is 6.31. The lowest BCUT2D eigenvalue weighted by Gasteiger charge is -2.46. The van der Waals surface area contributed by atoms with E-state index in [9.17, 15) is 9.90 Å². The van der Waals surface area contributed by atoms with Crippen LogP contribution >= 0.6 is 0 Å². The minimum Gasteiger partial charge on any atom is -0.497 e. The van der Waals surface area contributed by atoms with Gasteiger partial charge in [-0.15, -0.1) is 0 Å². The van der Waals surface area contributed by atoms with Crippen molar-refractivity contribution >= 4 is 5.97 Å². The maximum atomic E-state index is 12.5. The van der Waals surface area contributed by atoms with Crippen LogP contribution in [0.3, 0.4) is 0 Å². The number of hydrogen-bond donors (Lipinski definition) is 1. The van der Waals surface area contributed by atoms with Crippen LogP contribution in [0, 0.1) is 0 Å². The van der Waals surface area contributed by atoms with Gasteiger partial charge in [0, 0.05) is 12.7 Å². The Balaban J connectivity index is 1.49. The Morgan fingerprint density at radius 3 is 2.43 bits per heavy atom. The first-order valence-electron chi connectivity index (χ1n) is 9.64. The van der Waals surface area contributed by atoms with Crippen molar-refractivity contribution in [1.29, 1.82) is 0 Å². The summed E-state index contributed by atoms with van der Waals surface area (Å²) in [5.41, 5.74) is 1.14. The van der Waals surface area contributed by atoms with Gasteiger partial charge in [0.25, 0.3) is 0 Å². The van der Waals surface area contributed by atoms with Crippen molar-refractivity contribution in [1.82, 2.24) is 0 Å². The quantitative estimate of drug-likeness (QED) is 0.741. The van der Waals surface area contributed by atoms with E-state index in [4.69, 9.17) is 28.4 Å². The van der Waals surface area contributed by atoms with E-state index in [0.717, 1.165) is 5.56 Å². The first-order chi connectivity index (χ1) is 14.6. The number of aliphatic hydroxyl groups is 1. The van der Waals surface area contributed by atoms with Crippen molar-refractivity contribution in [2.45, 2.75) is 37.0 Å². The average Bonchev–Trinajstić information content (AvgIpc) is 2.81. The number of methoxy groups -OCH3 is 2. The molecule has 2 aromatic carbocycles. The van der Waals surface area contributed by atoms with Gasteiger partial charge in [-0.3, -0.25) is 0 Å². The fourth-order valence-corrected chi connectivity index (χ4v) is 3.58. The van der Waals surface area contributed by atoms with Crippen LogP contribution in [-0.4, -0.2) is 62.6 Å². The second kappa shape index (κ2) is 9.11. The molecule has 0 radical (unpaired) electrons. The highest BCUT2D eigenvalue weighted by Gasteiger charge is 2.51. The minimum absolute atomic E-state index is 0.192. The zero-order valence-corrected chi connectivity index (χ0v) is 16.7. The van der Waals surface area contributed by atoms with Crippen LogP contribution < -0.4 is 4.74 Å². The number of carbonyl (C=O) groups is 1. The smallest absolute Gasteiger partial charge is 0.338 e. The van der Waals surface area contributed by atoms with Gasteiger partial charge in [0.1, 0.15) is 24.1 Å². The van der Waals surface area contributed by atoms with E-state index in [2.05, 4.69) is 0 Å². The molecule has 2 saturated heterocycles. The third kappa shape index (κ3) is 4.19. The number of rotatable bonds is 5. The van der Waals surface area contributed by atoms with Gasteiger partial charge >= 0.3 is 5.97 Å². The summed E-state index contributed by atoms with van der Waals surface area (Å²) in [4.78, 5) is 12.5. The lowest BCUT2D eigenvalue weighted by molar-refractivity contribution is -0.357. The molecule has 0 aromatic heterocycles. The van der Waals surface area contributed by atoms with Gasteiger partial charge in [-0.25, -0.2) is 4.79 Å². The van der Waals surface area contributed by atoms with E-state index in [1.54, 1.807) is 49.6 Å². The molecule has 8 nitrogen and oxygen atoms in total. The Bertz CT molecular complexity index is 840. The van der Waals surface area contributed by atoms with Crippen LogP contribution in [-0.2, 0) is 23.7 Å². The second-order valence-electron chi connectivity index (χ2n) is 7.04.